The Kier molecular flexibility index (Phi) is 3.46. The van der Waals surface area contributed by atoms with Crippen LogP contribution in [0.1, 0.15) is 25.7 Å². The van der Waals surface area contributed by atoms with Gasteiger partial charge < -0.3 is 15.1 Å². The van der Waals surface area contributed by atoms with Crippen molar-refractivity contribution in [3.63, 3.8) is 0 Å². The molecule has 3 rings (SSSR count). The van der Waals surface area contributed by atoms with Gasteiger partial charge >= 0.3 is 0 Å². The highest BCUT2D eigenvalue weighted by molar-refractivity contribution is 5.93. The molecule has 1 aliphatic rings. The molecule has 1 aromatic heterocycles. The first-order valence-corrected chi connectivity index (χ1v) is 6.68. The van der Waals surface area contributed by atoms with Crippen LogP contribution in [0.25, 0.3) is 11.1 Å². The van der Waals surface area contributed by atoms with Gasteiger partial charge in [-0.1, -0.05) is 6.42 Å². The first-order chi connectivity index (χ1) is 9.31. The number of carbonyl (C=O) groups excluding carboxylic acids is 1. The summed E-state index contributed by atoms with van der Waals surface area (Å²) >= 11 is 0. The standard InChI is InChI=1S/C14H17N3O2/c18-14(8-10-3-1-2-6-15-10)17-11-4-5-12-13(7-11)19-9-16-12/h4-5,7,9-10,15H,1-3,6,8H2,(H,17,18). The number of fused-ring (bicyclic) bond motifs is 1. The molecule has 1 atom stereocenters. The maximum Gasteiger partial charge on any atom is 0.225 e. The number of nitrogens with zero attached hydrogens (tertiary/aromatic N) is 1. The van der Waals surface area contributed by atoms with Crippen LogP contribution in [0.5, 0.6) is 0 Å². The zero-order valence-electron chi connectivity index (χ0n) is 10.7. The molecular formula is C14H17N3O2. The predicted molar refractivity (Wildman–Crippen MR) is 72.9 cm³/mol. The smallest absolute Gasteiger partial charge is 0.225 e. The number of aromatic nitrogens is 1. The normalized spacial score (nSPS) is 19.5. The third-order valence-electron chi connectivity index (χ3n) is 3.46. The van der Waals surface area contributed by atoms with E-state index in [0.717, 1.165) is 24.2 Å². The van der Waals surface area contributed by atoms with E-state index in [0.29, 0.717) is 18.0 Å². The van der Waals surface area contributed by atoms with Crippen molar-refractivity contribution in [3.8, 4) is 0 Å². The van der Waals surface area contributed by atoms with Gasteiger partial charge in [0.1, 0.15) is 5.52 Å². The molecule has 1 aromatic carbocycles. The van der Waals surface area contributed by atoms with Gasteiger partial charge in [-0.25, -0.2) is 4.98 Å². The van der Waals surface area contributed by atoms with Crippen LogP contribution in [0.4, 0.5) is 5.69 Å². The second-order valence-corrected chi connectivity index (χ2v) is 4.93. The second kappa shape index (κ2) is 5.40. The van der Waals surface area contributed by atoms with Gasteiger partial charge in [0, 0.05) is 24.2 Å². The third kappa shape index (κ3) is 2.93. The first-order valence-electron chi connectivity index (χ1n) is 6.68. The number of hydrogen-bond donors (Lipinski definition) is 2. The monoisotopic (exact) mass is 259 g/mol. The summed E-state index contributed by atoms with van der Waals surface area (Å²) in [6.07, 6.45) is 5.42. The average Bonchev–Trinajstić information content (AvgIpc) is 2.87. The van der Waals surface area contributed by atoms with Gasteiger partial charge in [0.15, 0.2) is 12.0 Å². The highest BCUT2D eigenvalue weighted by Crippen LogP contribution is 2.18. The minimum absolute atomic E-state index is 0.0401. The van der Waals surface area contributed by atoms with Gasteiger partial charge in [0.05, 0.1) is 0 Å². The summed E-state index contributed by atoms with van der Waals surface area (Å²) in [5, 5.41) is 6.28. The highest BCUT2D eigenvalue weighted by Gasteiger charge is 2.16. The summed E-state index contributed by atoms with van der Waals surface area (Å²) in [5.74, 6) is 0.0401. The number of hydrogen-bond acceptors (Lipinski definition) is 4. The zero-order chi connectivity index (χ0) is 13.1. The van der Waals surface area contributed by atoms with E-state index in [4.69, 9.17) is 4.42 Å². The quantitative estimate of drug-likeness (QED) is 0.887. The van der Waals surface area contributed by atoms with Crippen LogP contribution in [-0.4, -0.2) is 23.5 Å². The predicted octanol–water partition coefficient (Wildman–Crippen LogP) is 2.30. The van der Waals surface area contributed by atoms with E-state index >= 15 is 0 Å². The molecule has 19 heavy (non-hydrogen) atoms. The van der Waals surface area contributed by atoms with Gasteiger partial charge in [-0.05, 0) is 31.5 Å². The van der Waals surface area contributed by atoms with E-state index < -0.39 is 0 Å². The maximum absolute atomic E-state index is 12.0. The van der Waals surface area contributed by atoms with Crippen molar-refractivity contribution in [1.29, 1.82) is 0 Å². The number of piperidine rings is 1. The van der Waals surface area contributed by atoms with Crippen LogP contribution in [0.2, 0.25) is 0 Å². The summed E-state index contributed by atoms with van der Waals surface area (Å²) in [4.78, 5) is 16.0. The lowest BCUT2D eigenvalue weighted by Crippen LogP contribution is -2.36. The molecule has 2 heterocycles. The Morgan fingerprint density at radius 3 is 3.26 bits per heavy atom. The van der Waals surface area contributed by atoms with Crippen LogP contribution in [0.3, 0.4) is 0 Å². The van der Waals surface area contributed by atoms with Crippen molar-refractivity contribution in [2.75, 3.05) is 11.9 Å². The molecule has 0 bridgehead atoms. The fourth-order valence-corrected chi connectivity index (χ4v) is 2.47. The fourth-order valence-electron chi connectivity index (χ4n) is 2.47. The molecule has 5 nitrogen and oxygen atoms in total. The molecule has 1 aliphatic heterocycles. The summed E-state index contributed by atoms with van der Waals surface area (Å²) in [6, 6.07) is 5.79. The molecule has 0 aliphatic carbocycles. The molecule has 2 aromatic rings. The highest BCUT2D eigenvalue weighted by atomic mass is 16.3. The molecule has 1 unspecified atom stereocenters. The van der Waals surface area contributed by atoms with Gasteiger partial charge in [-0.15, -0.1) is 0 Å². The third-order valence-corrected chi connectivity index (χ3v) is 3.46. The van der Waals surface area contributed by atoms with E-state index in [1.165, 1.54) is 19.2 Å². The van der Waals surface area contributed by atoms with Crippen molar-refractivity contribution in [3.05, 3.63) is 24.6 Å². The Labute approximate surface area is 111 Å². The molecule has 2 N–H and O–H groups in total. The summed E-state index contributed by atoms with van der Waals surface area (Å²) < 4.78 is 5.22. The molecule has 5 heteroatoms. The lowest BCUT2D eigenvalue weighted by Gasteiger charge is -2.22. The Morgan fingerprint density at radius 2 is 2.42 bits per heavy atom. The number of oxazole rings is 1. The maximum atomic E-state index is 12.0. The average molecular weight is 259 g/mol. The molecule has 1 fully saturated rings. The van der Waals surface area contributed by atoms with Crippen molar-refractivity contribution in [2.45, 2.75) is 31.7 Å². The molecule has 1 saturated heterocycles. The molecule has 0 saturated carbocycles. The topological polar surface area (TPSA) is 67.2 Å². The van der Waals surface area contributed by atoms with Crippen LogP contribution in [0.15, 0.2) is 29.0 Å². The minimum Gasteiger partial charge on any atom is -0.443 e. The minimum atomic E-state index is 0.0401. The van der Waals surface area contributed by atoms with Crippen LogP contribution < -0.4 is 10.6 Å². The number of amides is 1. The number of carbonyl (C=O) groups is 1. The Morgan fingerprint density at radius 1 is 1.47 bits per heavy atom. The molecule has 0 radical (unpaired) electrons. The number of benzene rings is 1. The van der Waals surface area contributed by atoms with Crippen molar-refractivity contribution in [2.24, 2.45) is 0 Å². The SMILES string of the molecule is O=C(CC1CCCCN1)Nc1ccc2ncoc2c1. The van der Waals surface area contributed by atoms with Crippen LogP contribution >= 0.6 is 0 Å². The second-order valence-electron chi connectivity index (χ2n) is 4.93. The largest absolute Gasteiger partial charge is 0.443 e. The van der Waals surface area contributed by atoms with E-state index in [1.807, 2.05) is 12.1 Å². The molecular weight excluding hydrogens is 242 g/mol. The van der Waals surface area contributed by atoms with Gasteiger partial charge in [0.2, 0.25) is 5.91 Å². The van der Waals surface area contributed by atoms with Crippen molar-refractivity contribution < 1.29 is 9.21 Å². The number of nitrogens with one attached hydrogen (secondary N) is 2. The van der Waals surface area contributed by atoms with Crippen LogP contribution in [-0.2, 0) is 4.79 Å². The molecule has 0 spiro atoms. The fraction of sp³-hybridized carbons (Fsp3) is 0.429. The van der Waals surface area contributed by atoms with E-state index in [9.17, 15) is 4.79 Å². The van der Waals surface area contributed by atoms with Gasteiger partial charge in [-0.3, -0.25) is 4.79 Å². The summed E-state index contributed by atoms with van der Waals surface area (Å²) in [5.41, 5.74) is 2.24. The Balaban J connectivity index is 1.61. The van der Waals surface area contributed by atoms with Crippen molar-refractivity contribution in [1.82, 2.24) is 10.3 Å². The Hall–Kier alpha value is -1.88. The van der Waals surface area contributed by atoms with E-state index in [-0.39, 0.29) is 5.91 Å². The number of rotatable bonds is 3. The number of anilines is 1. The zero-order valence-corrected chi connectivity index (χ0v) is 10.7. The van der Waals surface area contributed by atoms with Gasteiger partial charge in [-0.2, -0.15) is 0 Å². The summed E-state index contributed by atoms with van der Waals surface area (Å²) in [6.45, 7) is 1.02. The lowest BCUT2D eigenvalue weighted by molar-refractivity contribution is -0.116. The van der Waals surface area contributed by atoms with Gasteiger partial charge in [0.25, 0.3) is 0 Å². The summed E-state index contributed by atoms with van der Waals surface area (Å²) in [7, 11) is 0. The lowest BCUT2D eigenvalue weighted by atomic mass is 10.0. The van der Waals surface area contributed by atoms with Crippen LogP contribution in [0, 0.1) is 0 Å². The van der Waals surface area contributed by atoms with Crippen molar-refractivity contribution >= 4 is 22.7 Å². The van der Waals surface area contributed by atoms with E-state index in [2.05, 4.69) is 15.6 Å². The first kappa shape index (κ1) is 12.2. The molecule has 1 amide bonds. The van der Waals surface area contributed by atoms with E-state index in [1.54, 1.807) is 6.07 Å². The Bertz CT molecular complexity index is 573. The molecule has 100 valence electrons.